The molecule has 0 spiro atoms. The highest BCUT2D eigenvalue weighted by molar-refractivity contribution is 6.30. The second-order valence-corrected chi connectivity index (χ2v) is 2.88. The number of rotatable bonds is 2. The zero-order valence-electron chi connectivity index (χ0n) is 6.36. The molecule has 0 aromatic heterocycles. The van der Waals surface area contributed by atoms with Gasteiger partial charge in [0.15, 0.2) is 0 Å². The van der Waals surface area contributed by atoms with E-state index >= 15 is 0 Å². The van der Waals surface area contributed by atoms with Gasteiger partial charge in [-0.1, -0.05) is 12.2 Å². The van der Waals surface area contributed by atoms with Crippen molar-refractivity contribution >= 4 is 13.5 Å². The van der Waals surface area contributed by atoms with E-state index in [4.69, 9.17) is 4.65 Å². The lowest BCUT2D eigenvalue weighted by Gasteiger charge is -2.21. The summed E-state index contributed by atoms with van der Waals surface area (Å²) in [5.41, 5.74) is 0. The molecule has 1 aliphatic carbocycles. The smallest absolute Gasteiger partial charge is 0.422 e. The third-order valence-corrected chi connectivity index (χ3v) is 2.21. The molecule has 2 unspecified atom stereocenters. The number of carbonyl (C=O) groups is 1. The van der Waals surface area contributed by atoms with Gasteiger partial charge in [0, 0.05) is 13.2 Å². The van der Waals surface area contributed by atoms with E-state index in [0.717, 1.165) is 6.42 Å². The van der Waals surface area contributed by atoms with Crippen molar-refractivity contribution in [2.45, 2.75) is 12.5 Å². The Hall–Kier alpha value is -0.765. The average Bonchev–Trinajstić information content (AvgIpc) is 2.54. The van der Waals surface area contributed by atoms with Gasteiger partial charge in [0.05, 0.1) is 5.92 Å². The van der Waals surface area contributed by atoms with E-state index in [0.29, 0.717) is 0 Å². The Morgan fingerprint density at radius 2 is 2.55 bits per heavy atom. The summed E-state index contributed by atoms with van der Waals surface area (Å²) in [6, 6.07) is 0.257. The molecule has 2 rings (SSSR count). The van der Waals surface area contributed by atoms with Gasteiger partial charge in [-0.15, -0.1) is 0 Å². The van der Waals surface area contributed by atoms with Crippen molar-refractivity contribution in [1.82, 2.24) is 4.81 Å². The average molecular weight is 150 g/mol. The first-order chi connectivity index (χ1) is 5.33. The predicted octanol–water partition coefficient (Wildman–Crippen LogP) is -0.0461. The first-order valence-electron chi connectivity index (χ1n) is 3.69. The predicted molar refractivity (Wildman–Crippen MR) is 40.6 cm³/mol. The van der Waals surface area contributed by atoms with Gasteiger partial charge in [0.1, 0.15) is 0 Å². The number of amides is 1. The van der Waals surface area contributed by atoms with E-state index < -0.39 is 0 Å². The molecule has 1 saturated heterocycles. The first kappa shape index (κ1) is 6.92. The van der Waals surface area contributed by atoms with Gasteiger partial charge >= 0.3 is 7.62 Å². The summed E-state index contributed by atoms with van der Waals surface area (Å²) in [5.74, 6) is 0.283. The summed E-state index contributed by atoms with van der Waals surface area (Å²) in [5, 5.41) is 0. The van der Waals surface area contributed by atoms with E-state index in [2.05, 4.69) is 6.08 Å². The zero-order chi connectivity index (χ0) is 7.84. The number of carbonyl (C=O) groups excluding carboxylic acids is 1. The van der Waals surface area contributed by atoms with Crippen LogP contribution >= 0.6 is 0 Å². The van der Waals surface area contributed by atoms with E-state index in [-0.39, 0.29) is 17.9 Å². The molecule has 0 N–H and O–H groups in total. The second kappa shape index (κ2) is 2.38. The quantitative estimate of drug-likeness (QED) is 0.408. The second-order valence-electron chi connectivity index (χ2n) is 2.88. The molecule has 1 amide bonds. The van der Waals surface area contributed by atoms with Gasteiger partial charge in [0.25, 0.3) is 0 Å². The minimum atomic E-state index is 0.117. The van der Waals surface area contributed by atoms with Gasteiger partial charge < -0.3 is 9.47 Å². The summed E-state index contributed by atoms with van der Waals surface area (Å²) in [4.78, 5) is 13.0. The van der Waals surface area contributed by atoms with Crippen molar-refractivity contribution < 1.29 is 9.45 Å². The van der Waals surface area contributed by atoms with Crippen LogP contribution in [0.3, 0.4) is 0 Å². The number of fused-ring (bicyclic) bond motifs is 2. The molecular formula is C7H9BNO2. The fourth-order valence-corrected chi connectivity index (χ4v) is 1.67. The Morgan fingerprint density at radius 1 is 1.73 bits per heavy atom. The lowest BCUT2D eigenvalue weighted by molar-refractivity contribution is -0.127. The number of hydrogen-bond donors (Lipinski definition) is 0. The first-order valence-corrected chi connectivity index (χ1v) is 3.69. The van der Waals surface area contributed by atoms with Crippen LogP contribution in [0, 0.1) is 5.92 Å². The van der Waals surface area contributed by atoms with Crippen LogP contribution in [-0.2, 0) is 9.45 Å². The minimum Gasteiger partial charge on any atom is -0.422 e. The highest BCUT2D eigenvalue weighted by Gasteiger charge is 2.40. The number of hydrogen-bond acceptors (Lipinski definition) is 2. The molecule has 1 heterocycles. The topological polar surface area (TPSA) is 29.5 Å². The normalized spacial score (nSPS) is 33.5. The van der Waals surface area contributed by atoms with Crippen molar-refractivity contribution in [2.24, 2.45) is 5.92 Å². The van der Waals surface area contributed by atoms with Gasteiger partial charge in [-0.3, -0.25) is 4.79 Å². The maximum atomic E-state index is 11.3. The van der Waals surface area contributed by atoms with Crippen molar-refractivity contribution in [3.63, 3.8) is 0 Å². The summed E-state index contributed by atoms with van der Waals surface area (Å²) in [6.45, 7) is 0. The standard InChI is InChI=1S/C7H9BNO2/c1-11-8-9-6-3-2-5(4-6)7(9)10/h2-3,5-6H,4H2,1H3. The summed E-state index contributed by atoms with van der Waals surface area (Å²) in [6.07, 6.45) is 4.97. The lowest BCUT2D eigenvalue weighted by Crippen LogP contribution is -2.38. The van der Waals surface area contributed by atoms with Crippen LogP contribution < -0.4 is 0 Å². The molecule has 4 heteroatoms. The van der Waals surface area contributed by atoms with Gasteiger partial charge in [-0.05, 0) is 6.42 Å². The Morgan fingerprint density at radius 3 is 3.09 bits per heavy atom. The summed E-state index contributed by atoms with van der Waals surface area (Å²) >= 11 is 0. The van der Waals surface area contributed by atoms with E-state index in [9.17, 15) is 4.79 Å². The Bertz CT molecular complexity index is 216. The van der Waals surface area contributed by atoms with Crippen molar-refractivity contribution in [2.75, 3.05) is 7.11 Å². The van der Waals surface area contributed by atoms with Crippen LogP contribution in [0.1, 0.15) is 6.42 Å². The largest absolute Gasteiger partial charge is 0.441 e. The molecule has 0 saturated carbocycles. The van der Waals surface area contributed by atoms with E-state index in [1.165, 1.54) is 7.62 Å². The van der Waals surface area contributed by atoms with Crippen molar-refractivity contribution in [3.05, 3.63) is 12.2 Å². The highest BCUT2D eigenvalue weighted by atomic mass is 16.4. The molecule has 1 aliphatic heterocycles. The lowest BCUT2D eigenvalue weighted by atomic mass is 10.1. The molecule has 2 bridgehead atoms. The third kappa shape index (κ3) is 0.895. The Labute approximate surface area is 66.3 Å². The molecule has 1 fully saturated rings. The van der Waals surface area contributed by atoms with E-state index in [1.807, 2.05) is 6.08 Å². The molecule has 2 atom stereocenters. The van der Waals surface area contributed by atoms with Crippen molar-refractivity contribution in [1.29, 1.82) is 0 Å². The SMILES string of the molecule is CO[B]N1C(=O)C2C=CC1C2. The molecule has 2 aliphatic rings. The van der Waals surface area contributed by atoms with Crippen molar-refractivity contribution in [3.8, 4) is 0 Å². The fraction of sp³-hybridized carbons (Fsp3) is 0.571. The van der Waals surface area contributed by atoms with Gasteiger partial charge in [-0.25, -0.2) is 0 Å². The molecule has 1 radical (unpaired) electrons. The zero-order valence-corrected chi connectivity index (χ0v) is 6.36. The maximum absolute atomic E-state index is 11.3. The molecule has 0 aromatic rings. The summed E-state index contributed by atoms with van der Waals surface area (Å²) in [7, 11) is 3.06. The molecule has 11 heavy (non-hydrogen) atoms. The molecule has 3 nitrogen and oxygen atoms in total. The van der Waals surface area contributed by atoms with Gasteiger partial charge in [0.2, 0.25) is 5.91 Å². The van der Waals surface area contributed by atoms with Crippen LogP contribution in [0.5, 0.6) is 0 Å². The Balaban J connectivity index is 2.12. The number of nitrogens with zero attached hydrogens (tertiary/aromatic N) is 1. The van der Waals surface area contributed by atoms with Crippen LogP contribution in [0.15, 0.2) is 12.2 Å². The van der Waals surface area contributed by atoms with Crippen LogP contribution in [0.2, 0.25) is 0 Å². The maximum Gasteiger partial charge on any atom is 0.441 e. The summed E-state index contributed by atoms with van der Waals surface area (Å²) < 4.78 is 4.80. The molecule has 57 valence electrons. The van der Waals surface area contributed by atoms with E-state index in [1.54, 1.807) is 11.9 Å². The molecular weight excluding hydrogens is 141 g/mol. The highest BCUT2D eigenvalue weighted by Crippen LogP contribution is 2.31. The monoisotopic (exact) mass is 150 g/mol. The van der Waals surface area contributed by atoms with Crippen LogP contribution in [-0.4, -0.2) is 31.5 Å². The van der Waals surface area contributed by atoms with Gasteiger partial charge in [-0.2, -0.15) is 0 Å². The van der Waals surface area contributed by atoms with Crippen LogP contribution in [0.25, 0.3) is 0 Å². The minimum absolute atomic E-state index is 0.117. The van der Waals surface area contributed by atoms with Crippen LogP contribution in [0.4, 0.5) is 0 Å². The third-order valence-electron chi connectivity index (χ3n) is 2.21. The Kier molecular flexibility index (Phi) is 1.49. The molecule has 0 aromatic carbocycles. The fourth-order valence-electron chi connectivity index (χ4n) is 1.67.